The average molecular weight is 151 g/mol. The molecule has 1 aliphatic carbocycles. The molecule has 3 atom stereocenters. The molecule has 62 valence electrons. The Morgan fingerprint density at radius 2 is 2.36 bits per heavy atom. The van der Waals surface area contributed by atoms with Gasteiger partial charge in [-0.1, -0.05) is 13.5 Å². The molecule has 0 aromatic carbocycles. The lowest BCUT2D eigenvalue weighted by Gasteiger charge is -2.49. The average Bonchev–Trinajstić information content (AvgIpc) is 2.02. The first-order valence-corrected chi connectivity index (χ1v) is 4.68. The molecule has 2 rings (SSSR count). The first-order valence-electron chi connectivity index (χ1n) is 4.68. The number of nitrogens with zero attached hydrogens (tertiary/aromatic N) is 1. The van der Waals surface area contributed by atoms with Crippen LogP contribution in [0.15, 0.2) is 12.8 Å². The Morgan fingerprint density at radius 1 is 1.55 bits per heavy atom. The highest BCUT2D eigenvalue weighted by molar-refractivity contribution is 4.94. The molecular weight excluding hydrogens is 134 g/mol. The summed E-state index contributed by atoms with van der Waals surface area (Å²) in [4.78, 5) is 2.37. The number of hydrogen-bond donors (Lipinski definition) is 0. The van der Waals surface area contributed by atoms with Crippen LogP contribution in [0.5, 0.6) is 0 Å². The van der Waals surface area contributed by atoms with Crippen LogP contribution in [-0.2, 0) is 0 Å². The van der Waals surface area contributed by atoms with E-state index in [0.29, 0.717) is 0 Å². The molecular formula is C10H17N. The van der Waals surface area contributed by atoms with Crippen molar-refractivity contribution in [1.29, 1.82) is 0 Å². The van der Waals surface area contributed by atoms with E-state index in [1.165, 1.54) is 25.9 Å². The lowest BCUT2D eigenvalue weighted by atomic mass is 9.62. The number of fused-ring (bicyclic) bond motifs is 1. The van der Waals surface area contributed by atoms with Gasteiger partial charge in [0.05, 0.1) is 0 Å². The highest BCUT2D eigenvalue weighted by atomic mass is 15.1. The van der Waals surface area contributed by atoms with Gasteiger partial charge in [0.15, 0.2) is 0 Å². The van der Waals surface area contributed by atoms with E-state index in [1.54, 1.807) is 0 Å². The standard InChI is InChI=1S/C10H17N/c1-3-11-5-4-10-8(2)6-9(10)7-11/h3,8-10H,1,4-7H2,2H3/t8?,9?,10-/m0/s1. The van der Waals surface area contributed by atoms with Crippen molar-refractivity contribution in [3.8, 4) is 0 Å². The van der Waals surface area contributed by atoms with E-state index >= 15 is 0 Å². The first-order chi connectivity index (χ1) is 5.31. The maximum atomic E-state index is 3.81. The molecule has 2 unspecified atom stereocenters. The summed E-state index contributed by atoms with van der Waals surface area (Å²) >= 11 is 0. The van der Waals surface area contributed by atoms with E-state index in [-0.39, 0.29) is 0 Å². The van der Waals surface area contributed by atoms with Gasteiger partial charge in [-0.05, 0) is 36.8 Å². The van der Waals surface area contributed by atoms with Gasteiger partial charge < -0.3 is 4.90 Å². The second kappa shape index (κ2) is 2.54. The van der Waals surface area contributed by atoms with Crippen LogP contribution in [0.1, 0.15) is 19.8 Å². The van der Waals surface area contributed by atoms with Crippen LogP contribution in [-0.4, -0.2) is 18.0 Å². The van der Waals surface area contributed by atoms with Crippen molar-refractivity contribution in [2.24, 2.45) is 17.8 Å². The lowest BCUT2D eigenvalue weighted by Crippen LogP contribution is -2.47. The molecule has 11 heavy (non-hydrogen) atoms. The Kier molecular flexibility index (Phi) is 1.67. The van der Waals surface area contributed by atoms with Crippen molar-refractivity contribution in [1.82, 2.24) is 4.90 Å². The summed E-state index contributed by atoms with van der Waals surface area (Å²) in [6.45, 7) is 8.73. The Hall–Kier alpha value is -0.460. The van der Waals surface area contributed by atoms with E-state index in [0.717, 1.165) is 17.8 Å². The number of hydrogen-bond acceptors (Lipinski definition) is 1. The maximum absolute atomic E-state index is 3.81. The zero-order chi connectivity index (χ0) is 7.84. The summed E-state index contributed by atoms with van der Waals surface area (Å²) in [5.74, 6) is 3.05. The van der Waals surface area contributed by atoms with Gasteiger partial charge in [0.25, 0.3) is 0 Å². The van der Waals surface area contributed by atoms with Crippen LogP contribution in [0, 0.1) is 17.8 Å². The number of likely N-dealkylation sites (tertiary alicyclic amines) is 1. The summed E-state index contributed by atoms with van der Waals surface area (Å²) in [7, 11) is 0. The van der Waals surface area contributed by atoms with Gasteiger partial charge in [0, 0.05) is 13.1 Å². The van der Waals surface area contributed by atoms with E-state index in [1.807, 2.05) is 6.20 Å². The molecule has 1 nitrogen and oxygen atoms in total. The van der Waals surface area contributed by atoms with Crippen LogP contribution < -0.4 is 0 Å². The lowest BCUT2D eigenvalue weighted by molar-refractivity contribution is 0.0134. The quantitative estimate of drug-likeness (QED) is 0.555. The van der Waals surface area contributed by atoms with Crippen molar-refractivity contribution in [2.45, 2.75) is 19.8 Å². The monoisotopic (exact) mass is 151 g/mol. The predicted molar refractivity (Wildman–Crippen MR) is 47.1 cm³/mol. The zero-order valence-corrected chi connectivity index (χ0v) is 7.29. The highest BCUT2D eigenvalue weighted by Crippen LogP contribution is 2.45. The number of piperidine rings is 1. The normalized spacial score (nSPS) is 42.6. The SMILES string of the molecule is C=CN1CC[C@H]2C(C)CC2C1. The maximum Gasteiger partial charge on any atom is 0.0203 e. The molecule has 1 heterocycles. The Bertz CT molecular complexity index is 164. The molecule has 1 heteroatoms. The second-order valence-electron chi connectivity index (χ2n) is 4.10. The van der Waals surface area contributed by atoms with E-state index in [2.05, 4.69) is 18.4 Å². The summed E-state index contributed by atoms with van der Waals surface area (Å²) in [6, 6.07) is 0. The first kappa shape index (κ1) is 7.20. The molecule has 2 aliphatic rings. The van der Waals surface area contributed by atoms with Crippen molar-refractivity contribution in [3.63, 3.8) is 0 Å². The summed E-state index contributed by atoms with van der Waals surface area (Å²) in [5, 5.41) is 0. The molecule has 0 bridgehead atoms. The molecule has 0 spiro atoms. The molecule has 0 radical (unpaired) electrons. The number of rotatable bonds is 1. The minimum Gasteiger partial charge on any atom is -0.378 e. The van der Waals surface area contributed by atoms with Gasteiger partial charge in [-0.3, -0.25) is 0 Å². The van der Waals surface area contributed by atoms with Crippen LogP contribution in [0.25, 0.3) is 0 Å². The fraction of sp³-hybridized carbons (Fsp3) is 0.800. The van der Waals surface area contributed by atoms with E-state index < -0.39 is 0 Å². The van der Waals surface area contributed by atoms with E-state index in [9.17, 15) is 0 Å². The predicted octanol–water partition coefficient (Wildman–Crippen LogP) is 2.11. The van der Waals surface area contributed by atoms with Gasteiger partial charge in [-0.15, -0.1) is 0 Å². The fourth-order valence-corrected chi connectivity index (χ4v) is 2.70. The molecule has 1 saturated carbocycles. The third-order valence-corrected chi connectivity index (χ3v) is 3.49. The molecule has 0 N–H and O–H groups in total. The third kappa shape index (κ3) is 1.07. The minimum atomic E-state index is 0.997. The Balaban J connectivity index is 1.92. The molecule has 0 aromatic rings. The van der Waals surface area contributed by atoms with Gasteiger partial charge in [-0.25, -0.2) is 0 Å². The van der Waals surface area contributed by atoms with Gasteiger partial charge >= 0.3 is 0 Å². The van der Waals surface area contributed by atoms with Crippen LogP contribution in [0.4, 0.5) is 0 Å². The van der Waals surface area contributed by atoms with Gasteiger partial charge in [0.1, 0.15) is 0 Å². The Labute approximate surface area is 69.1 Å². The molecule has 1 aliphatic heterocycles. The zero-order valence-electron chi connectivity index (χ0n) is 7.29. The topological polar surface area (TPSA) is 3.24 Å². The summed E-state index contributed by atoms with van der Waals surface area (Å²) < 4.78 is 0. The minimum absolute atomic E-state index is 0.997. The van der Waals surface area contributed by atoms with Gasteiger partial charge in [0.2, 0.25) is 0 Å². The third-order valence-electron chi connectivity index (χ3n) is 3.49. The largest absolute Gasteiger partial charge is 0.378 e. The van der Waals surface area contributed by atoms with Crippen molar-refractivity contribution in [3.05, 3.63) is 12.8 Å². The summed E-state index contributed by atoms with van der Waals surface area (Å²) in [5.41, 5.74) is 0. The van der Waals surface area contributed by atoms with Crippen LogP contribution in [0.3, 0.4) is 0 Å². The Morgan fingerprint density at radius 3 is 2.91 bits per heavy atom. The van der Waals surface area contributed by atoms with Crippen LogP contribution in [0.2, 0.25) is 0 Å². The fourth-order valence-electron chi connectivity index (χ4n) is 2.70. The molecule has 0 amide bonds. The summed E-state index contributed by atoms with van der Waals surface area (Å²) in [6.07, 6.45) is 4.85. The van der Waals surface area contributed by atoms with E-state index in [4.69, 9.17) is 0 Å². The van der Waals surface area contributed by atoms with Crippen LogP contribution >= 0.6 is 0 Å². The smallest absolute Gasteiger partial charge is 0.0203 e. The molecule has 2 fully saturated rings. The second-order valence-corrected chi connectivity index (χ2v) is 4.10. The molecule has 0 aromatic heterocycles. The van der Waals surface area contributed by atoms with Crippen molar-refractivity contribution < 1.29 is 0 Å². The highest BCUT2D eigenvalue weighted by Gasteiger charge is 2.40. The van der Waals surface area contributed by atoms with Crippen molar-refractivity contribution in [2.75, 3.05) is 13.1 Å². The van der Waals surface area contributed by atoms with Crippen molar-refractivity contribution >= 4 is 0 Å². The van der Waals surface area contributed by atoms with Gasteiger partial charge in [-0.2, -0.15) is 0 Å². The molecule has 1 saturated heterocycles.